The third kappa shape index (κ3) is 7.61. The number of aromatic hydroxyl groups is 1. The normalized spacial score (nSPS) is 18.1. The first-order valence-electron chi connectivity index (χ1n) is 10.9. The zero-order chi connectivity index (χ0) is 25.3. The third-order valence-electron chi connectivity index (χ3n) is 5.59. The lowest BCUT2D eigenvalue weighted by Gasteiger charge is -2.29. The fraction of sp³-hybridized carbons (Fsp3) is 0.545. The number of hydrogen-bond acceptors (Lipinski definition) is 8. The number of nitrogens with two attached hydrogens (primary N) is 1. The number of nitrogens with zero attached hydrogens (tertiary/aromatic N) is 1. The minimum absolute atomic E-state index is 0.0994. The number of likely N-dealkylation sites (tertiary alicyclic amines) is 1. The van der Waals surface area contributed by atoms with Crippen molar-refractivity contribution in [1.29, 1.82) is 0 Å². The fourth-order valence-corrected chi connectivity index (χ4v) is 4.18. The SMILES string of the molecule is CSCCC(NC(=O)C(N)Cc1ccc(O)cc1)C(=O)N1CCCC1C(=O)NC(CO)C(=O)O. The van der Waals surface area contributed by atoms with Gasteiger partial charge in [0.1, 0.15) is 23.9 Å². The predicted molar refractivity (Wildman–Crippen MR) is 126 cm³/mol. The Morgan fingerprint density at radius 1 is 1.18 bits per heavy atom. The lowest BCUT2D eigenvalue weighted by Crippen LogP contribution is -2.57. The number of carboxylic acids is 1. The molecule has 12 heteroatoms. The number of carbonyl (C=O) groups is 4. The number of amides is 3. The summed E-state index contributed by atoms with van der Waals surface area (Å²) in [5.41, 5.74) is 6.79. The number of phenols is 1. The zero-order valence-corrected chi connectivity index (χ0v) is 19.8. The van der Waals surface area contributed by atoms with Gasteiger partial charge in [0.2, 0.25) is 17.7 Å². The number of hydrogen-bond donors (Lipinski definition) is 6. The van der Waals surface area contributed by atoms with Gasteiger partial charge in [0.15, 0.2) is 0 Å². The Morgan fingerprint density at radius 2 is 1.85 bits per heavy atom. The molecule has 1 saturated heterocycles. The maximum Gasteiger partial charge on any atom is 0.328 e. The maximum absolute atomic E-state index is 13.3. The third-order valence-corrected chi connectivity index (χ3v) is 6.23. The van der Waals surface area contributed by atoms with Gasteiger partial charge in [0.25, 0.3) is 0 Å². The topological polar surface area (TPSA) is 182 Å². The highest BCUT2D eigenvalue weighted by atomic mass is 32.2. The number of carboxylic acid groups (broad SMARTS) is 1. The smallest absolute Gasteiger partial charge is 0.328 e. The van der Waals surface area contributed by atoms with Gasteiger partial charge in [-0.2, -0.15) is 11.8 Å². The number of benzene rings is 1. The van der Waals surface area contributed by atoms with Crippen LogP contribution in [0.3, 0.4) is 0 Å². The molecule has 1 aromatic rings. The summed E-state index contributed by atoms with van der Waals surface area (Å²) in [5, 5.41) is 32.6. The number of aliphatic hydroxyl groups excluding tert-OH is 1. The average Bonchev–Trinajstić information content (AvgIpc) is 3.30. The van der Waals surface area contributed by atoms with Crippen LogP contribution < -0.4 is 16.4 Å². The van der Waals surface area contributed by atoms with Crippen LogP contribution in [0.5, 0.6) is 5.75 Å². The molecule has 0 saturated carbocycles. The summed E-state index contributed by atoms with van der Waals surface area (Å²) >= 11 is 1.50. The van der Waals surface area contributed by atoms with Gasteiger partial charge < -0.3 is 36.6 Å². The molecular weight excluding hydrogens is 464 g/mol. The molecule has 0 radical (unpaired) electrons. The van der Waals surface area contributed by atoms with Gasteiger partial charge >= 0.3 is 5.97 Å². The Balaban J connectivity index is 2.07. The summed E-state index contributed by atoms with van der Waals surface area (Å²) < 4.78 is 0. The number of aliphatic hydroxyl groups is 1. The number of carbonyl (C=O) groups excluding carboxylic acids is 3. The van der Waals surface area contributed by atoms with E-state index in [1.54, 1.807) is 12.1 Å². The van der Waals surface area contributed by atoms with Crippen LogP contribution in [0.2, 0.25) is 0 Å². The van der Waals surface area contributed by atoms with Crippen molar-refractivity contribution in [3.05, 3.63) is 29.8 Å². The molecule has 1 fully saturated rings. The van der Waals surface area contributed by atoms with E-state index in [0.717, 1.165) is 5.56 Å². The van der Waals surface area contributed by atoms with Crippen LogP contribution in [0.25, 0.3) is 0 Å². The molecule has 34 heavy (non-hydrogen) atoms. The molecule has 0 aromatic heterocycles. The molecule has 1 aliphatic rings. The van der Waals surface area contributed by atoms with E-state index in [-0.39, 0.29) is 12.2 Å². The molecule has 11 nitrogen and oxygen atoms in total. The zero-order valence-electron chi connectivity index (χ0n) is 19.0. The van der Waals surface area contributed by atoms with Crippen LogP contribution in [-0.4, -0.2) is 93.2 Å². The van der Waals surface area contributed by atoms with Crippen molar-refractivity contribution in [3.63, 3.8) is 0 Å². The van der Waals surface area contributed by atoms with Gasteiger partial charge in [-0.15, -0.1) is 0 Å². The Labute approximate surface area is 202 Å². The Morgan fingerprint density at radius 3 is 2.44 bits per heavy atom. The van der Waals surface area contributed by atoms with E-state index in [9.17, 15) is 24.3 Å². The number of rotatable bonds is 12. The number of phenolic OH excluding ortho intramolecular Hbond substituents is 1. The van der Waals surface area contributed by atoms with Crippen LogP contribution >= 0.6 is 11.8 Å². The molecule has 4 atom stereocenters. The van der Waals surface area contributed by atoms with Gasteiger partial charge in [-0.25, -0.2) is 4.79 Å². The van der Waals surface area contributed by atoms with Crippen LogP contribution in [0.15, 0.2) is 24.3 Å². The predicted octanol–water partition coefficient (Wildman–Crippen LogP) is -0.947. The molecule has 2 rings (SSSR count). The molecule has 1 aliphatic heterocycles. The molecule has 1 aromatic carbocycles. The Kier molecular flexibility index (Phi) is 10.6. The minimum atomic E-state index is -1.46. The van der Waals surface area contributed by atoms with E-state index in [1.807, 2.05) is 6.26 Å². The highest BCUT2D eigenvalue weighted by Gasteiger charge is 2.38. The summed E-state index contributed by atoms with van der Waals surface area (Å²) in [6, 6.07) is 2.13. The van der Waals surface area contributed by atoms with Gasteiger partial charge in [0, 0.05) is 6.54 Å². The molecule has 188 valence electrons. The summed E-state index contributed by atoms with van der Waals surface area (Å²) in [6.45, 7) is -0.480. The number of nitrogens with one attached hydrogen (secondary N) is 2. The van der Waals surface area contributed by atoms with Crippen molar-refractivity contribution in [2.45, 2.75) is 49.9 Å². The van der Waals surface area contributed by atoms with E-state index in [1.165, 1.54) is 28.8 Å². The lowest BCUT2D eigenvalue weighted by atomic mass is 10.0. The Hall–Kier alpha value is -2.83. The second-order valence-electron chi connectivity index (χ2n) is 8.09. The fourth-order valence-electron chi connectivity index (χ4n) is 3.71. The lowest BCUT2D eigenvalue weighted by molar-refractivity contribution is -0.145. The molecule has 3 amide bonds. The summed E-state index contributed by atoms with van der Waals surface area (Å²) in [5.74, 6) is -2.31. The second-order valence-corrected chi connectivity index (χ2v) is 9.08. The van der Waals surface area contributed by atoms with Gasteiger partial charge in [-0.3, -0.25) is 14.4 Å². The van der Waals surface area contributed by atoms with E-state index in [2.05, 4.69) is 10.6 Å². The maximum atomic E-state index is 13.3. The molecule has 0 spiro atoms. The van der Waals surface area contributed by atoms with E-state index < -0.39 is 54.5 Å². The number of thioether (sulfide) groups is 1. The van der Waals surface area contributed by atoms with E-state index in [0.29, 0.717) is 31.6 Å². The second kappa shape index (κ2) is 13.2. The van der Waals surface area contributed by atoms with Crippen molar-refractivity contribution in [1.82, 2.24) is 15.5 Å². The highest BCUT2D eigenvalue weighted by molar-refractivity contribution is 7.98. The molecule has 4 unspecified atom stereocenters. The van der Waals surface area contributed by atoms with Crippen LogP contribution in [0, 0.1) is 0 Å². The van der Waals surface area contributed by atoms with E-state index in [4.69, 9.17) is 15.9 Å². The van der Waals surface area contributed by atoms with Gasteiger partial charge in [-0.1, -0.05) is 12.1 Å². The number of aliphatic carboxylic acids is 1. The first kappa shape index (κ1) is 27.4. The van der Waals surface area contributed by atoms with Crippen molar-refractivity contribution >= 4 is 35.5 Å². The average molecular weight is 497 g/mol. The first-order chi connectivity index (χ1) is 16.2. The quantitative estimate of drug-likeness (QED) is 0.212. The summed E-state index contributed by atoms with van der Waals surface area (Å²) in [6.07, 6.45) is 3.30. The van der Waals surface area contributed by atoms with Crippen molar-refractivity contribution < 1.29 is 34.5 Å². The molecule has 0 bridgehead atoms. The summed E-state index contributed by atoms with van der Waals surface area (Å²) in [7, 11) is 0. The van der Waals surface area contributed by atoms with E-state index >= 15 is 0 Å². The standard InChI is InChI=1S/C22H32N4O7S/c1-34-10-8-16(24-19(29)15(23)11-13-4-6-14(28)7-5-13)21(31)26-9-2-3-18(26)20(30)25-17(12-27)22(32)33/h4-7,15-18,27-28H,2-3,8-12,23H2,1H3,(H,24,29)(H,25,30)(H,32,33). The van der Waals surface area contributed by atoms with Gasteiger partial charge in [-0.05, 0) is 55.4 Å². The highest BCUT2D eigenvalue weighted by Crippen LogP contribution is 2.20. The molecular formula is C22H32N4O7S. The van der Waals surface area contributed by atoms with Gasteiger partial charge in [0.05, 0.1) is 12.6 Å². The molecule has 1 heterocycles. The summed E-state index contributed by atoms with van der Waals surface area (Å²) in [4.78, 5) is 51.1. The van der Waals surface area contributed by atoms with Crippen molar-refractivity contribution in [3.8, 4) is 5.75 Å². The molecule has 7 N–H and O–H groups in total. The Bertz CT molecular complexity index is 867. The monoisotopic (exact) mass is 496 g/mol. The van der Waals surface area contributed by atoms with Crippen LogP contribution in [0.1, 0.15) is 24.8 Å². The van der Waals surface area contributed by atoms with Crippen LogP contribution in [-0.2, 0) is 25.6 Å². The first-order valence-corrected chi connectivity index (χ1v) is 12.3. The van der Waals surface area contributed by atoms with Crippen LogP contribution in [0.4, 0.5) is 0 Å². The molecule has 0 aliphatic carbocycles. The van der Waals surface area contributed by atoms with Crippen molar-refractivity contribution in [2.75, 3.05) is 25.2 Å². The largest absolute Gasteiger partial charge is 0.508 e. The minimum Gasteiger partial charge on any atom is -0.508 e. The van der Waals surface area contributed by atoms with Crippen molar-refractivity contribution in [2.24, 2.45) is 5.73 Å².